The Morgan fingerprint density at radius 1 is 1.27 bits per heavy atom. The van der Waals surface area contributed by atoms with Crippen molar-refractivity contribution in [2.45, 2.75) is 51.1 Å². The Balaban J connectivity index is 1.72. The van der Waals surface area contributed by atoms with Crippen LogP contribution in [0.4, 0.5) is 0 Å². The zero-order valence-corrected chi connectivity index (χ0v) is 13.1. The summed E-state index contributed by atoms with van der Waals surface area (Å²) < 4.78 is 0. The Morgan fingerprint density at radius 2 is 2.05 bits per heavy atom. The maximum absolute atomic E-state index is 12.9. The van der Waals surface area contributed by atoms with Gasteiger partial charge in [-0.15, -0.1) is 0 Å². The molecule has 2 fully saturated rings. The molecule has 4 nitrogen and oxygen atoms in total. The zero-order valence-electron chi connectivity index (χ0n) is 13.1. The highest BCUT2D eigenvalue weighted by atomic mass is 16.2. The molecule has 0 radical (unpaired) electrons. The molecule has 1 aromatic carbocycles. The summed E-state index contributed by atoms with van der Waals surface area (Å²) in [7, 11) is 0. The summed E-state index contributed by atoms with van der Waals surface area (Å²) in [6, 6.07) is 10.3. The lowest BCUT2D eigenvalue weighted by Crippen LogP contribution is -2.53. The van der Waals surface area contributed by atoms with Crippen LogP contribution in [-0.4, -0.2) is 35.3 Å². The summed E-state index contributed by atoms with van der Waals surface area (Å²) in [6.45, 7) is 2.80. The number of carbonyl (C=O) groups is 2. The van der Waals surface area contributed by atoms with Crippen LogP contribution in [0.5, 0.6) is 0 Å². The number of amides is 2. The smallest absolute Gasteiger partial charge is 0.245 e. The number of hydrogen-bond acceptors (Lipinski definition) is 2. The van der Waals surface area contributed by atoms with E-state index < -0.39 is 0 Å². The molecule has 22 heavy (non-hydrogen) atoms. The number of benzene rings is 1. The number of likely N-dealkylation sites (tertiary alicyclic amines) is 1. The number of hydrogen-bond donors (Lipinski definition) is 1. The van der Waals surface area contributed by atoms with Gasteiger partial charge in [-0.25, -0.2) is 0 Å². The van der Waals surface area contributed by atoms with Gasteiger partial charge in [-0.2, -0.15) is 0 Å². The van der Waals surface area contributed by atoms with Gasteiger partial charge in [0.1, 0.15) is 6.04 Å². The summed E-state index contributed by atoms with van der Waals surface area (Å²) in [5, 5.41) is 2.85. The quantitative estimate of drug-likeness (QED) is 0.929. The standard InChI is InChI=1S/C18H24N2O2/c1-13-11-16(21)19-17(13)18(22)20-10-6-5-9-15(20)12-14-7-3-2-4-8-14/h2-4,7-8,13,15,17H,5-6,9-12H2,1H3,(H,19,21). The van der Waals surface area contributed by atoms with Gasteiger partial charge in [0.05, 0.1) is 0 Å². The maximum Gasteiger partial charge on any atom is 0.245 e. The molecule has 0 aromatic heterocycles. The molecule has 4 heteroatoms. The highest BCUT2D eigenvalue weighted by Crippen LogP contribution is 2.25. The first-order valence-corrected chi connectivity index (χ1v) is 8.29. The number of piperidine rings is 1. The first-order chi connectivity index (χ1) is 10.6. The van der Waals surface area contributed by atoms with Crippen LogP contribution in [0.3, 0.4) is 0 Å². The molecule has 2 heterocycles. The van der Waals surface area contributed by atoms with Crippen LogP contribution in [0.15, 0.2) is 30.3 Å². The van der Waals surface area contributed by atoms with Crippen LogP contribution in [0, 0.1) is 5.92 Å². The summed E-state index contributed by atoms with van der Waals surface area (Å²) in [5.74, 6) is 0.209. The molecule has 0 saturated carbocycles. The van der Waals surface area contributed by atoms with Gasteiger partial charge < -0.3 is 10.2 Å². The molecule has 3 rings (SSSR count). The Bertz CT molecular complexity index is 543. The fraction of sp³-hybridized carbons (Fsp3) is 0.556. The van der Waals surface area contributed by atoms with Gasteiger partial charge in [-0.1, -0.05) is 37.3 Å². The van der Waals surface area contributed by atoms with Crippen molar-refractivity contribution < 1.29 is 9.59 Å². The lowest BCUT2D eigenvalue weighted by Gasteiger charge is -2.38. The largest absolute Gasteiger partial charge is 0.344 e. The van der Waals surface area contributed by atoms with E-state index in [4.69, 9.17) is 0 Å². The van der Waals surface area contributed by atoms with Gasteiger partial charge >= 0.3 is 0 Å². The Labute approximate surface area is 131 Å². The lowest BCUT2D eigenvalue weighted by atomic mass is 9.93. The molecular weight excluding hydrogens is 276 g/mol. The average Bonchev–Trinajstić information content (AvgIpc) is 2.87. The number of carbonyl (C=O) groups excluding carboxylic acids is 2. The van der Waals surface area contributed by atoms with E-state index in [2.05, 4.69) is 17.4 Å². The fourth-order valence-electron chi connectivity index (χ4n) is 3.66. The van der Waals surface area contributed by atoms with Gasteiger partial charge in [0.15, 0.2) is 0 Å². The van der Waals surface area contributed by atoms with Crippen molar-refractivity contribution in [1.82, 2.24) is 10.2 Å². The molecule has 2 amide bonds. The van der Waals surface area contributed by atoms with Gasteiger partial charge in [0.25, 0.3) is 0 Å². The third kappa shape index (κ3) is 3.16. The molecule has 3 unspecified atom stereocenters. The Morgan fingerprint density at radius 3 is 2.73 bits per heavy atom. The lowest BCUT2D eigenvalue weighted by molar-refractivity contribution is -0.138. The van der Waals surface area contributed by atoms with Gasteiger partial charge in [0, 0.05) is 19.0 Å². The number of nitrogens with zero attached hydrogens (tertiary/aromatic N) is 1. The molecule has 2 saturated heterocycles. The number of rotatable bonds is 3. The van der Waals surface area contributed by atoms with E-state index in [1.165, 1.54) is 12.0 Å². The molecule has 0 aliphatic carbocycles. The summed E-state index contributed by atoms with van der Waals surface area (Å²) in [4.78, 5) is 26.4. The third-order valence-corrected chi connectivity index (χ3v) is 4.88. The molecule has 118 valence electrons. The first-order valence-electron chi connectivity index (χ1n) is 8.29. The molecule has 1 N–H and O–H groups in total. The monoisotopic (exact) mass is 300 g/mol. The molecule has 2 aliphatic heterocycles. The first kappa shape index (κ1) is 15.1. The predicted octanol–water partition coefficient (Wildman–Crippen LogP) is 2.13. The minimum absolute atomic E-state index is 0.00229. The Kier molecular flexibility index (Phi) is 4.46. The van der Waals surface area contributed by atoms with E-state index >= 15 is 0 Å². The molecular formula is C18H24N2O2. The second kappa shape index (κ2) is 6.51. The third-order valence-electron chi connectivity index (χ3n) is 4.88. The van der Waals surface area contributed by atoms with Crippen molar-refractivity contribution in [3.05, 3.63) is 35.9 Å². The normalized spacial score (nSPS) is 28.5. The Hall–Kier alpha value is -1.84. The minimum atomic E-state index is -0.330. The van der Waals surface area contributed by atoms with Crippen LogP contribution >= 0.6 is 0 Å². The van der Waals surface area contributed by atoms with Crippen LogP contribution < -0.4 is 5.32 Å². The zero-order chi connectivity index (χ0) is 15.5. The topological polar surface area (TPSA) is 49.4 Å². The van der Waals surface area contributed by atoms with Crippen molar-refractivity contribution in [2.24, 2.45) is 5.92 Å². The van der Waals surface area contributed by atoms with Crippen LogP contribution in [-0.2, 0) is 16.0 Å². The highest BCUT2D eigenvalue weighted by Gasteiger charge is 2.39. The van der Waals surface area contributed by atoms with Crippen LogP contribution in [0.25, 0.3) is 0 Å². The molecule has 0 bridgehead atoms. The van der Waals surface area contributed by atoms with Gasteiger partial charge in [0.2, 0.25) is 11.8 Å². The van der Waals surface area contributed by atoms with E-state index in [0.29, 0.717) is 6.42 Å². The van der Waals surface area contributed by atoms with E-state index in [-0.39, 0.29) is 29.8 Å². The highest BCUT2D eigenvalue weighted by molar-refractivity contribution is 5.91. The van der Waals surface area contributed by atoms with Crippen LogP contribution in [0.2, 0.25) is 0 Å². The molecule has 3 atom stereocenters. The van der Waals surface area contributed by atoms with Gasteiger partial charge in [-0.3, -0.25) is 9.59 Å². The second-order valence-electron chi connectivity index (χ2n) is 6.60. The van der Waals surface area contributed by atoms with Crippen molar-refractivity contribution >= 4 is 11.8 Å². The predicted molar refractivity (Wildman–Crippen MR) is 85.2 cm³/mol. The minimum Gasteiger partial charge on any atom is -0.344 e. The van der Waals surface area contributed by atoms with E-state index in [1.54, 1.807) is 0 Å². The molecule has 1 aromatic rings. The fourth-order valence-corrected chi connectivity index (χ4v) is 3.66. The SMILES string of the molecule is CC1CC(=O)NC1C(=O)N1CCCCC1Cc1ccccc1. The van der Waals surface area contributed by atoms with Crippen molar-refractivity contribution in [2.75, 3.05) is 6.54 Å². The van der Waals surface area contributed by atoms with Crippen LogP contribution in [0.1, 0.15) is 38.2 Å². The maximum atomic E-state index is 12.9. The van der Waals surface area contributed by atoms with E-state index in [1.807, 2.05) is 30.0 Å². The van der Waals surface area contributed by atoms with Crippen molar-refractivity contribution in [3.63, 3.8) is 0 Å². The number of nitrogens with one attached hydrogen (secondary N) is 1. The average molecular weight is 300 g/mol. The summed E-state index contributed by atoms with van der Waals surface area (Å²) in [6.07, 6.45) is 4.66. The molecule has 2 aliphatic rings. The second-order valence-corrected chi connectivity index (χ2v) is 6.60. The van der Waals surface area contributed by atoms with Crippen molar-refractivity contribution in [1.29, 1.82) is 0 Å². The van der Waals surface area contributed by atoms with E-state index in [0.717, 1.165) is 25.8 Å². The van der Waals surface area contributed by atoms with Crippen molar-refractivity contribution in [3.8, 4) is 0 Å². The summed E-state index contributed by atoms with van der Waals surface area (Å²) in [5.41, 5.74) is 1.27. The van der Waals surface area contributed by atoms with E-state index in [9.17, 15) is 9.59 Å². The summed E-state index contributed by atoms with van der Waals surface area (Å²) >= 11 is 0. The molecule has 0 spiro atoms. The van der Waals surface area contributed by atoms with Gasteiger partial charge in [-0.05, 0) is 37.2 Å².